The monoisotopic (exact) mass is 367 g/mol. The fourth-order valence-corrected chi connectivity index (χ4v) is 3.67. The van der Waals surface area contributed by atoms with Crippen LogP contribution in [-0.4, -0.2) is 23.4 Å². The number of rotatable bonds is 3. The lowest BCUT2D eigenvalue weighted by molar-refractivity contribution is 0.0675. The number of hydrogen-bond acceptors (Lipinski definition) is 3. The van der Waals surface area contributed by atoms with E-state index in [0.717, 1.165) is 17.7 Å². The van der Waals surface area contributed by atoms with Crippen molar-refractivity contribution in [3.63, 3.8) is 0 Å². The summed E-state index contributed by atoms with van der Waals surface area (Å²) in [6, 6.07) is 27.5. The molecule has 138 valence electrons. The van der Waals surface area contributed by atoms with Gasteiger partial charge in [-0.2, -0.15) is 5.26 Å². The van der Waals surface area contributed by atoms with Crippen molar-refractivity contribution in [1.29, 1.82) is 5.26 Å². The molecule has 4 rings (SSSR count). The summed E-state index contributed by atoms with van der Waals surface area (Å²) in [5, 5.41) is 12.7. The van der Waals surface area contributed by atoms with Crippen molar-refractivity contribution in [2.75, 3.05) is 11.9 Å². The smallest absolute Gasteiger partial charge is 0.254 e. The fraction of sp³-hybridized carbons (Fsp3) is 0.167. The second kappa shape index (κ2) is 7.98. The molecule has 0 aromatic heterocycles. The van der Waals surface area contributed by atoms with Gasteiger partial charge in [0.05, 0.1) is 17.7 Å². The predicted octanol–water partition coefficient (Wildman–Crippen LogP) is 4.24. The molecule has 0 spiro atoms. The van der Waals surface area contributed by atoms with Crippen LogP contribution < -0.4 is 5.32 Å². The van der Waals surface area contributed by atoms with Crippen molar-refractivity contribution in [3.05, 3.63) is 101 Å². The molecule has 0 aliphatic carbocycles. The number of carbonyl (C=O) groups is 1. The van der Waals surface area contributed by atoms with E-state index in [2.05, 4.69) is 23.5 Å². The van der Waals surface area contributed by atoms with E-state index < -0.39 is 0 Å². The Morgan fingerprint density at radius 3 is 2.46 bits per heavy atom. The highest BCUT2D eigenvalue weighted by atomic mass is 16.2. The summed E-state index contributed by atoms with van der Waals surface area (Å²) in [7, 11) is 0. The molecule has 1 aliphatic rings. The van der Waals surface area contributed by atoms with Gasteiger partial charge in [0.2, 0.25) is 0 Å². The number of fused-ring (bicyclic) bond motifs is 1. The SMILES string of the molecule is N#Cc1ccc2c(c1)CN(C(=O)c1ccccc1)C(Cc1ccccc1)CN2. The van der Waals surface area contributed by atoms with Crippen LogP contribution in [0.4, 0.5) is 5.69 Å². The molecule has 0 radical (unpaired) electrons. The lowest BCUT2D eigenvalue weighted by Crippen LogP contribution is -2.43. The first-order valence-electron chi connectivity index (χ1n) is 9.41. The second-order valence-corrected chi connectivity index (χ2v) is 7.01. The van der Waals surface area contributed by atoms with Gasteiger partial charge in [-0.25, -0.2) is 0 Å². The van der Waals surface area contributed by atoms with Gasteiger partial charge in [-0.15, -0.1) is 0 Å². The van der Waals surface area contributed by atoms with Crippen molar-refractivity contribution in [2.45, 2.75) is 19.0 Å². The molecular formula is C24H21N3O. The normalized spacial score (nSPS) is 15.7. The quantitative estimate of drug-likeness (QED) is 0.753. The van der Waals surface area contributed by atoms with Gasteiger partial charge in [-0.05, 0) is 47.9 Å². The molecule has 0 saturated heterocycles. The number of carbonyl (C=O) groups excluding carboxylic acids is 1. The Bertz CT molecular complexity index is 1010. The molecule has 1 amide bonds. The lowest BCUT2D eigenvalue weighted by atomic mass is 10.0. The molecule has 1 atom stereocenters. The Labute approximate surface area is 165 Å². The molecule has 3 aromatic rings. The van der Waals surface area contributed by atoms with Gasteiger partial charge in [-0.3, -0.25) is 4.79 Å². The van der Waals surface area contributed by atoms with Crippen molar-refractivity contribution >= 4 is 11.6 Å². The molecule has 1 aliphatic heterocycles. The maximum Gasteiger partial charge on any atom is 0.254 e. The molecule has 1 N–H and O–H groups in total. The van der Waals surface area contributed by atoms with Crippen LogP contribution in [0.2, 0.25) is 0 Å². The van der Waals surface area contributed by atoms with Gasteiger partial charge < -0.3 is 10.2 Å². The van der Waals surface area contributed by atoms with Crippen LogP contribution in [0, 0.1) is 11.3 Å². The second-order valence-electron chi connectivity index (χ2n) is 7.01. The number of amides is 1. The molecule has 0 fully saturated rings. The Morgan fingerprint density at radius 1 is 1.04 bits per heavy atom. The molecule has 3 aromatic carbocycles. The van der Waals surface area contributed by atoms with Gasteiger partial charge >= 0.3 is 0 Å². The van der Waals surface area contributed by atoms with Gasteiger partial charge in [0.1, 0.15) is 0 Å². The molecule has 4 heteroatoms. The molecule has 1 unspecified atom stereocenters. The van der Waals surface area contributed by atoms with E-state index in [9.17, 15) is 10.1 Å². The Kier molecular flexibility index (Phi) is 5.07. The largest absolute Gasteiger partial charge is 0.383 e. The van der Waals surface area contributed by atoms with Crippen LogP contribution in [0.5, 0.6) is 0 Å². The van der Waals surface area contributed by atoms with E-state index in [4.69, 9.17) is 0 Å². The van der Waals surface area contributed by atoms with E-state index in [0.29, 0.717) is 24.2 Å². The summed E-state index contributed by atoms with van der Waals surface area (Å²) in [6.45, 7) is 1.13. The summed E-state index contributed by atoms with van der Waals surface area (Å²) in [4.78, 5) is 15.3. The minimum Gasteiger partial charge on any atom is -0.383 e. The zero-order chi connectivity index (χ0) is 19.3. The van der Waals surface area contributed by atoms with E-state index in [1.165, 1.54) is 5.56 Å². The van der Waals surface area contributed by atoms with Crippen molar-refractivity contribution in [2.24, 2.45) is 0 Å². The predicted molar refractivity (Wildman–Crippen MR) is 110 cm³/mol. The van der Waals surface area contributed by atoms with E-state index in [-0.39, 0.29) is 11.9 Å². The highest BCUT2D eigenvalue weighted by Crippen LogP contribution is 2.26. The zero-order valence-corrected chi connectivity index (χ0v) is 15.5. The summed E-state index contributed by atoms with van der Waals surface area (Å²) in [6.07, 6.45) is 0.769. The summed E-state index contributed by atoms with van der Waals surface area (Å²) in [5.74, 6) is 0.0125. The topological polar surface area (TPSA) is 56.1 Å². The third-order valence-electron chi connectivity index (χ3n) is 5.14. The molecule has 0 saturated carbocycles. The summed E-state index contributed by atoms with van der Waals surface area (Å²) in [5.41, 5.74) is 4.44. The van der Waals surface area contributed by atoms with Gasteiger partial charge in [0.25, 0.3) is 5.91 Å². The number of nitrogens with one attached hydrogen (secondary N) is 1. The number of nitriles is 1. The van der Waals surface area contributed by atoms with E-state index in [1.807, 2.05) is 71.6 Å². The maximum absolute atomic E-state index is 13.4. The van der Waals surface area contributed by atoms with Crippen LogP contribution >= 0.6 is 0 Å². The Balaban J connectivity index is 1.70. The zero-order valence-electron chi connectivity index (χ0n) is 15.5. The van der Waals surface area contributed by atoms with Crippen molar-refractivity contribution in [1.82, 2.24) is 4.90 Å². The van der Waals surface area contributed by atoms with Crippen molar-refractivity contribution < 1.29 is 4.79 Å². The van der Waals surface area contributed by atoms with Gasteiger partial charge in [0, 0.05) is 24.3 Å². The Hall–Kier alpha value is -3.58. The fourth-order valence-electron chi connectivity index (χ4n) is 3.67. The number of hydrogen-bond donors (Lipinski definition) is 1. The van der Waals surface area contributed by atoms with Crippen LogP contribution in [-0.2, 0) is 13.0 Å². The minimum atomic E-state index is 0.00745. The molecular weight excluding hydrogens is 346 g/mol. The third-order valence-corrected chi connectivity index (χ3v) is 5.14. The van der Waals surface area contributed by atoms with Crippen molar-refractivity contribution in [3.8, 4) is 6.07 Å². The van der Waals surface area contributed by atoms with Crippen LogP contribution in [0.1, 0.15) is 27.0 Å². The average molecular weight is 367 g/mol. The van der Waals surface area contributed by atoms with E-state index >= 15 is 0 Å². The standard InChI is InChI=1S/C24H21N3O/c25-15-19-11-12-23-21(13-19)17-27(24(28)20-9-5-2-6-10-20)22(16-26-23)14-18-7-3-1-4-8-18/h1-13,22,26H,14,16-17H2. The molecule has 28 heavy (non-hydrogen) atoms. The Morgan fingerprint density at radius 2 is 1.75 bits per heavy atom. The van der Waals surface area contributed by atoms with Crippen LogP contribution in [0.25, 0.3) is 0 Å². The molecule has 1 heterocycles. The first-order valence-corrected chi connectivity index (χ1v) is 9.41. The highest BCUT2D eigenvalue weighted by molar-refractivity contribution is 5.94. The first kappa shape index (κ1) is 17.8. The first-order chi connectivity index (χ1) is 13.7. The van der Waals surface area contributed by atoms with Gasteiger partial charge in [0.15, 0.2) is 0 Å². The third kappa shape index (κ3) is 3.74. The number of anilines is 1. The average Bonchev–Trinajstić information content (AvgIpc) is 2.93. The maximum atomic E-state index is 13.4. The highest BCUT2D eigenvalue weighted by Gasteiger charge is 2.28. The van der Waals surface area contributed by atoms with E-state index in [1.54, 1.807) is 0 Å². The number of nitrogens with zero attached hydrogens (tertiary/aromatic N) is 2. The van der Waals surface area contributed by atoms with Gasteiger partial charge in [-0.1, -0.05) is 48.5 Å². The molecule has 4 nitrogen and oxygen atoms in total. The van der Waals surface area contributed by atoms with Crippen LogP contribution in [0.3, 0.4) is 0 Å². The van der Waals surface area contributed by atoms with Crippen LogP contribution in [0.15, 0.2) is 78.9 Å². The summed E-state index contributed by atoms with van der Waals surface area (Å²) < 4.78 is 0. The lowest BCUT2D eigenvalue weighted by Gasteiger charge is -2.30. The minimum absolute atomic E-state index is 0.00745. The molecule has 0 bridgehead atoms. The summed E-state index contributed by atoms with van der Waals surface area (Å²) >= 11 is 0. The number of benzene rings is 3.